The third kappa shape index (κ3) is 4.80. The molecule has 3 rings (SSSR count). The molecule has 0 saturated carbocycles. The molecule has 0 aliphatic carbocycles. The molecule has 0 unspecified atom stereocenters. The van der Waals surface area contributed by atoms with Crippen molar-refractivity contribution in [3.8, 4) is 9.88 Å². The van der Waals surface area contributed by atoms with Crippen molar-refractivity contribution in [1.82, 2.24) is 4.98 Å². The molecule has 27 heavy (non-hydrogen) atoms. The number of halogens is 3. The monoisotopic (exact) mass is 460 g/mol. The maximum Gasteiger partial charge on any atom is 0.350 e. The van der Waals surface area contributed by atoms with Crippen LogP contribution >= 0.6 is 57.5 Å². The van der Waals surface area contributed by atoms with Crippen LogP contribution in [0.4, 0.5) is 5.69 Å². The minimum Gasteiger partial charge on any atom is -0.451 e. The lowest BCUT2D eigenvalue weighted by Crippen LogP contribution is -2.21. The van der Waals surface area contributed by atoms with Gasteiger partial charge in [0.05, 0.1) is 26.3 Å². The van der Waals surface area contributed by atoms with Gasteiger partial charge in [0.2, 0.25) is 0 Å². The van der Waals surface area contributed by atoms with Gasteiger partial charge in [0.1, 0.15) is 9.88 Å². The summed E-state index contributed by atoms with van der Waals surface area (Å²) in [6.07, 6.45) is 0. The van der Waals surface area contributed by atoms with Crippen molar-refractivity contribution in [3.63, 3.8) is 0 Å². The van der Waals surface area contributed by atoms with Crippen LogP contribution in [-0.2, 0) is 9.53 Å². The second-order valence-electron chi connectivity index (χ2n) is 5.28. The number of thiophene rings is 1. The van der Waals surface area contributed by atoms with Crippen LogP contribution in [-0.4, -0.2) is 23.5 Å². The quantitative estimate of drug-likeness (QED) is 0.478. The van der Waals surface area contributed by atoms with Crippen molar-refractivity contribution >= 4 is 75.0 Å². The lowest BCUT2D eigenvalue weighted by Gasteiger charge is -2.10. The Balaban J connectivity index is 1.63. The molecule has 1 amide bonds. The highest BCUT2D eigenvalue weighted by molar-refractivity contribution is 7.22. The zero-order chi connectivity index (χ0) is 19.6. The van der Waals surface area contributed by atoms with Gasteiger partial charge in [-0.05, 0) is 30.5 Å². The van der Waals surface area contributed by atoms with Crippen molar-refractivity contribution in [3.05, 3.63) is 55.3 Å². The predicted octanol–water partition coefficient (Wildman–Crippen LogP) is 5.94. The number of hydrogen-bond acceptors (Lipinski definition) is 6. The number of aromatic nitrogens is 1. The number of hydrogen-bond donors (Lipinski definition) is 1. The molecule has 3 aromatic rings. The smallest absolute Gasteiger partial charge is 0.350 e. The average molecular weight is 462 g/mol. The van der Waals surface area contributed by atoms with Gasteiger partial charge in [-0.3, -0.25) is 4.79 Å². The molecular weight excluding hydrogens is 451 g/mol. The van der Waals surface area contributed by atoms with Gasteiger partial charge in [0.25, 0.3) is 5.91 Å². The molecule has 0 fully saturated rings. The first-order valence-corrected chi connectivity index (χ1v) is 10.3. The fourth-order valence-corrected chi connectivity index (χ4v) is 4.79. The Labute approximate surface area is 177 Å². The van der Waals surface area contributed by atoms with E-state index in [1.54, 1.807) is 6.92 Å². The molecule has 140 valence electrons. The summed E-state index contributed by atoms with van der Waals surface area (Å²) in [4.78, 5) is 30.1. The minimum atomic E-state index is -0.615. The molecule has 10 heteroatoms. The normalized spacial score (nSPS) is 10.7. The topological polar surface area (TPSA) is 68.3 Å². The second-order valence-corrected chi connectivity index (χ2v) is 8.48. The van der Waals surface area contributed by atoms with E-state index in [2.05, 4.69) is 10.3 Å². The first-order chi connectivity index (χ1) is 12.8. The third-order valence-corrected chi connectivity index (χ3v) is 6.31. The number of amides is 1. The Bertz CT molecular complexity index is 980. The van der Waals surface area contributed by atoms with Crippen LogP contribution in [0.5, 0.6) is 0 Å². The van der Waals surface area contributed by atoms with E-state index < -0.39 is 18.5 Å². The number of aryl methyl sites for hydroxylation is 1. The maximum atomic E-state index is 12.3. The Morgan fingerprint density at radius 3 is 2.56 bits per heavy atom. The molecule has 0 bridgehead atoms. The van der Waals surface area contributed by atoms with Gasteiger partial charge >= 0.3 is 5.97 Å². The van der Waals surface area contributed by atoms with Crippen LogP contribution in [0, 0.1) is 6.92 Å². The maximum absolute atomic E-state index is 12.3. The summed E-state index contributed by atoms with van der Waals surface area (Å²) in [7, 11) is 0. The summed E-state index contributed by atoms with van der Waals surface area (Å²) in [6.45, 7) is 1.23. The molecule has 2 aromatic heterocycles. The molecule has 1 aromatic carbocycles. The van der Waals surface area contributed by atoms with Crippen LogP contribution in [0.1, 0.15) is 15.4 Å². The number of carbonyl (C=O) groups excluding carboxylic acids is 2. The molecular formula is C17H11Cl3N2O3S2. The lowest BCUT2D eigenvalue weighted by atomic mass is 10.3. The van der Waals surface area contributed by atoms with Crippen molar-refractivity contribution in [2.45, 2.75) is 6.92 Å². The van der Waals surface area contributed by atoms with Crippen LogP contribution in [0.3, 0.4) is 0 Å². The Kier molecular flexibility index (Phi) is 6.39. The summed E-state index contributed by atoms with van der Waals surface area (Å²) < 4.78 is 5.09. The second kappa shape index (κ2) is 8.58. The van der Waals surface area contributed by atoms with Gasteiger partial charge in [-0.2, -0.15) is 0 Å². The van der Waals surface area contributed by atoms with Gasteiger partial charge in [-0.15, -0.1) is 22.7 Å². The SMILES string of the molecule is Cc1nc(-c2cccs2)sc1C(=O)OCC(=O)Nc1c(Cl)cc(Cl)cc1Cl. The number of nitrogens with one attached hydrogen (secondary N) is 1. The zero-order valence-corrected chi connectivity index (χ0v) is 17.6. The Morgan fingerprint density at radius 1 is 1.22 bits per heavy atom. The van der Waals surface area contributed by atoms with E-state index in [0.29, 0.717) is 15.6 Å². The molecule has 0 radical (unpaired) electrons. The summed E-state index contributed by atoms with van der Waals surface area (Å²) >= 11 is 20.6. The standard InChI is InChI=1S/C17H11Cl3N2O3S2/c1-8-15(27-16(21-8)12-3-2-4-26-12)17(24)25-7-13(23)22-14-10(19)5-9(18)6-11(14)20/h2-6H,7H2,1H3,(H,22,23). The molecule has 0 aliphatic rings. The molecule has 0 saturated heterocycles. The third-order valence-electron chi connectivity index (χ3n) is 3.32. The van der Waals surface area contributed by atoms with Crippen molar-refractivity contribution < 1.29 is 14.3 Å². The summed E-state index contributed by atoms with van der Waals surface area (Å²) in [6, 6.07) is 6.73. The van der Waals surface area contributed by atoms with E-state index in [9.17, 15) is 9.59 Å². The van der Waals surface area contributed by atoms with Gasteiger partial charge in [0, 0.05) is 5.02 Å². The predicted molar refractivity (Wildman–Crippen MR) is 111 cm³/mol. The van der Waals surface area contributed by atoms with E-state index in [0.717, 1.165) is 9.88 Å². The summed E-state index contributed by atoms with van der Waals surface area (Å²) in [5.74, 6) is -1.19. The highest BCUT2D eigenvalue weighted by Crippen LogP contribution is 2.34. The molecule has 0 spiro atoms. The van der Waals surface area contributed by atoms with Crippen molar-refractivity contribution in [1.29, 1.82) is 0 Å². The van der Waals surface area contributed by atoms with Gasteiger partial charge in [-0.1, -0.05) is 40.9 Å². The number of thiazole rings is 1. The van der Waals surface area contributed by atoms with Crippen LogP contribution in [0.2, 0.25) is 15.1 Å². The van der Waals surface area contributed by atoms with E-state index in [4.69, 9.17) is 39.5 Å². The van der Waals surface area contributed by atoms with Crippen LogP contribution in [0.25, 0.3) is 9.88 Å². The number of anilines is 1. The van der Waals surface area contributed by atoms with Crippen molar-refractivity contribution in [2.24, 2.45) is 0 Å². The Hall–Kier alpha value is -1.64. The number of nitrogens with zero attached hydrogens (tertiary/aromatic N) is 1. The number of ether oxygens (including phenoxy) is 1. The number of rotatable bonds is 5. The fourth-order valence-electron chi connectivity index (χ4n) is 2.13. The van der Waals surface area contributed by atoms with E-state index in [-0.39, 0.29) is 15.7 Å². The first-order valence-electron chi connectivity index (χ1n) is 7.48. The molecule has 0 aliphatic heterocycles. The van der Waals surface area contributed by atoms with Crippen molar-refractivity contribution in [2.75, 3.05) is 11.9 Å². The largest absolute Gasteiger partial charge is 0.451 e. The number of esters is 1. The van der Waals surface area contributed by atoms with Gasteiger partial charge in [-0.25, -0.2) is 9.78 Å². The van der Waals surface area contributed by atoms with Gasteiger partial charge in [0.15, 0.2) is 6.61 Å². The molecule has 0 atom stereocenters. The molecule has 2 heterocycles. The van der Waals surface area contributed by atoms with E-state index in [1.165, 1.54) is 34.8 Å². The lowest BCUT2D eigenvalue weighted by molar-refractivity contribution is -0.119. The number of benzene rings is 1. The number of carbonyl (C=O) groups is 2. The average Bonchev–Trinajstić information content (AvgIpc) is 3.25. The zero-order valence-electron chi connectivity index (χ0n) is 13.7. The minimum absolute atomic E-state index is 0.186. The molecule has 5 nitrogen and oxygen atoms in total. The molecule has 1 N–H and O–H groups in total. The fraction of sp³-hybridized carbons (Fsp3) is 0.118. The van der Waals surface area contributed by atoms with Crippen LogP contribution in [0.15, 0.2) is 29.6 Å². The van der Waals surface area contributed by atoms with E-state index >= 15 is 0 Å². The van der Waals surface area contributed by atoms with Crippen LogP contribution < -0.4 is 5.32 Å². The van der Waals surface area contributed by atoms with E-state index in [1.807, 2.05) is 17.5 Å². The highest BCUT2D eigenvalue weighted by atomic mass is 35.5. The summed E-state index contributed by atoms with van der Waals surface area (Å²) in [5, 5.41) is 5.89. The highest BCUT2D eigenvalue weighted by Gasteiger charge is 2.19. The first kappa shape index (κ1) is 20.1. The summed E-state index contributed by atoms with van der Waals surface area (Å²) in [5.41, 5.74) is 0.760. The van der Waals surface area contributed by atoms with Gasteiger partial charge < -0.3 is 10.1 Å². The Morgan fingerprint density at radius 2 is 1.93 bits per heavy atom.